The lowest BCUT2D eigenvalue weighted by Crippen LogP contribution is -2.02. The molecule has 0 saturated heterocycles. The fraction of sp³-hybridized carbons (Fsp3) is 0.0714. The van der Waals surface area contributed by atoms with Gasteiger partial charge >= 0.3 is 5.97 Å². The maximum Gasteiger partial charge on any atom is 0.307 e. The second kappa shape index (κ2) is 5.59. The van der Waals surface area contributed by atoms with Crippen molar-refractivity contribution in [2.75, 3.05) is 0 Å². The molecule has 2 aromatic rings. The van der Waals surface area contributed by atoms with Gasteiger partial charge in [0.15, 0.2) is 0 Å². The van der Waals surface area contributed by atoms with E-state index in [1.807, 2.05) is 0 Å². The topological polar surface area (TPSA) is 37.3 Å². The van der Waals surface area contributed by atoms with Gasteiger partial charge in [-0.15, -0.1) is 0 Å². The van der Waals surface area contributed by atoms with Crippen LogP contribution < -0.4 is 0 Å². The Bertz CT molecular complexity index is 641. The van der Waals surface area contributed by atoms with Crippen LogP contribution in [0.25, 0.3) is 11.1 Å². The van der Waals surface area contributed by atoms with Gasteiger partial charge in [-0.25, -0.2) is 4.39 Å². The molecule has 5 heteroatoms. The predicted molar refractivity (Wildman–Crippen MR) is 73.2 cm³/mol. The highest BCUT2D eigenvalue weighted by atomic mass is 35.5. The van der Waals surface area contributed by atoms with E-state index in [1.165, 1.54) is 24.3 Å². The molecule has 0 aliphatic carbocycles. The molecule has 0 aliphatic rings. The number of carbonyl (C=O) groups is 1. The number of aliphatic carboxylic acids is 1. The first kappa shape index (κ1) is 13.8. The van der Waals surface area contributed by atoms with Crippen molar-refractivity contribution in [2.24, 2.45) is 0 Å². The van der Waals surface area contributed by atoms with Gasteiger partial charge in [0.05, 0.1) is 6.42 Å². The summed E-state index contributed by atoms with van der Waals surface area (Å²) in [5.41, 5.74) is 1.52. The fourth-order valence-electron chi connectivity index (χ4n) is 1.82. The van der Waals surface area contributed by atoms with Crippen molar-refractivity contribution >= 4 is 29.2 Å². The molecule has 0 saturated carbocycles. The van der Waals surface area contributed by atoms with E-state index in [0.717, 1.165) is 0 Å². The third-order valence-corrected chi connectivity index (χ3v) is 3.18. The Labute approximate surface area is 119 Å². The Morgan fingerprint density at radius 1 is 1.11 bits per heavy atom. The first-order valence-electron chi connectivity index (χ1n) is 5.43. The number of rotatable bonds is 3. The summed E-state index contributed by atoms with van der Waals surface area (Å²) in [5.74, 6) is -1.44. The summed E-state index contributed by atoms with van der Waals surface area (Å²) in [4.78, 5) is 10.8. The fourth-order valence-corrected chi connectivity index (χ4v) is 2.33. The minimum atomic E-state index is -0.988. The number of halogens is 3. The van der Waals surface area contributed by atoms with E-state index in [4.69, 9.17) is 28.3 Å². The molecule has 0 amide bonds. The number of benzene rings is 2. The second-order valence-electron chi connectivity index (χ2n) is 4.00. The molecule has 0 heterocycles. The first-order valence-corrected chi connectivity index (χ1v) is 6.18. The van der Waals surface area contributed by atoms with Crippen LogP contribution in [-0.4, -0.2) is 11.1 Å². The highest BCUT2D eigenvalue weighted by molar-refractivity contribution is 6.36. The molecule has 0 fully saturated rings. The van der Waals surface area contributed by atoms with Crippen LogP contribution in [0.15, 0.2) is 36.4 Å². The SMILES string of the molecule is O=C(O)Cc1ccc(F)cc1-c1ccc(Cl)cc1Cl. The summed E-state index contributed by atoms with van der Waals surface area (Å²) >= 11 is 11.9. The predicted octanol–water partition coefficient (Wildman–Crippen LogP) is 4.43. The molecule has 0 aliphatic heterocycles. The Morgan fingerprint density at radius 3 is 2.47 bits per heavy atom. The Kier molecular flexibility index (Phi) is 4.08. The van der Waals surface area contributed by atoms with Gasteiger partial charge in [-0.3, -0.25) is 4.79 Å². The molecule has 98 valence electrons. The summed E-state index contributed by atoms with van der Waals surface area (Å²) in [7, 11) is 0. The minimum Gasteiger partial charge on any atom is -0.481 e. The Hall–Kier alpha value is -1.58. The summed E-state index contributed by atoms with van der Waals surface area (Å²) in [6, 6.07) is 8.75. The zero-order chi connectivity index (χ0) is 14.0. The van der Waals surface area contributed by atoms with E-state index >= 15 is 0 Å². The van der Waals surface area contributed by atoms with Crippen LogP contribution in [0.3, 0.4) is 0 Å². The van der Waals surface area contributed by atoms with Gasteiger partial charge in [0.2, 0.25) is 0 Å². The summed E-state index contributed by atoms with van der Waals surface area (Å²) in [6.45, 7) is 0. The van der Waals surface area contributed by atoms with Crippen LogP contribution in [-0.2, 0) is 11.2 Å². The van der Waals surface area contributed by atoms with E-state index in [2.05, 4.69) is 0 Å². The molecule has 1 N–H and O–H groups in total. The molecular weight excluding hydrogens is 290 g/mol. The zero-order valence-corrected chi connectivity index (χ0v) is 11.2. The summed E-state index contributed by atoms with van der Waals surface area (Å²) in [6.07, 6.45) is -0.200. The van der Waals surface area contributed by atoms with Gasteiger partial charge in [-0.1, -0.05) is 35.3 Å². The lowest BCUT2D eigenvalue weighted by atomic mass is 9.97. The van der Waals surface area contributed by atoms with Crippen molar-refractivity contribution in [1.29, 1.82) is 0 Å². The first-order chi connectivity index (χ1) is 8.97. The standard InChI is InChI=1S/C14H9Cl2FO2/c15-9-2-4-11(13(16)6-9)12-7-10(17)3-1-8(12)5-14(18)19/h1-4,6-7H,5H2,(H,18,19). The molecule has 0 unspecified atom stereocenters. The van der Waals surface area contributed by atoms with Gasteiger partial charge in [-0.2, -0.15) is 0 Å². The highest BCUT2D eigenvalue weighted by Crippen LogP contribution is 2.33. The van der Waals surface area contributed by atoms with Gasteiger partial charge in [0.25, 0.3) is 0 Å². The van der Waals surface area contributed by atoms with Crippen LogP contribution in [0, 0.1) is 5.82 Å². The van der Waals surface area contributed by atoms with E-state index in [-0.39, 0.29) is 6.42 Å². The number of hydrogen-bond donors (Lipinski definition) is 1. The highest BCUT2D eigenvalue weighted by Gasteiger charge is 2.12. The van der Waals surface area contributed by atoms with E-state index in [9.17, 15) is 9.18 Å². The van der Waals surface area contributed by atoms with Crippen LogP contribution >= 0.6 is 23.2 Å². The second-order valence-corrected chi connectivity index (χ2v) is 4.84. The van der Waals surface area contributed by atoms with Gasteiger partial charge in [-0.05, 0) is 35.4 Å². The van der Waals surface area contributed by atoms with Crippen molar-refractivity contribution in [2.45, 2.75) is 6.42 Å². The van der Waals surface area contributed by atoms with E-state index in [0.29, 0.717) is 26.7 Å². The molecule has 0 bridgehead atoms. The van der Waals surface area contributed by atoms with Crippen molar-refractivity contribution in [3.05, 3.63) is 57.8 Å². The van der Waals surface area contributed by atoms with Crippen LogP contribution in [0.2, 0.25) is 10.0 Å². The third kappa shape index (κ3) is 3.25. The van der Waals surface area contributed by atoms with Crippen LogP contribution in [0.1, 0.15) is 5.56 Å². The molecule has 2 nitrogen and oxygen atoms in total. The minimum absolute atomic E-state index is 0.200. The van der Waals surface area contributed by atoms with E-state index in [1.54, 1.807) is 12.1 Å². The maximum absolute atomic E-state index is 13.4. The van der Waals surface area contributed by atoms with Crippen molar-refractivity contribution in [1.82, 2.24) is 0 Å². The lowest BCUT2D eigenvalue weighted by molar-refractivity contribution is -0.136. The van der Waals surface area contributed by atoms with Gasteiger partial charge in [0, 0.05) is 15.6 Å². The van der Waals surface area contributed by atoms with Crippen molar-refractivity contribution in [3.63, 3.8) is 0 Å². The quantitative estimate of drug-likeness (QED) is 0.910. The molecule has 0 spiro atoms. The number of hydrogen-bond acceptors (Lipinski definition) is 1. The van der Waals surface area contributed by atoms with Crippen molar-refractivity contribution in [3.8, 4) is 11.1 Å². The molecular formula is C14H9Cl2FO2. The van der Waals surface area contributed by atoms with Crippen LogP contribution in [0.4, 0.5) is 4.39 Å². The van der Waals surface area contributed by atoms with Crippen molar-refractivity contribution < 1.29 is 14.3 Å². The van der Waals surface area contributed by atoms with Crippen LogP contribution in [0.5, 0.6) is 0 Å². The molecule has 2 aromatic carbocycles. The summed E-state index contributed by atoms with van der Waals surface area (Å²) in [5, 5.41) is 9.69. The molecule has 0 atom stereocenters. The average molecular weight is 299 g/mol. The Morgan fingerprint density at radius 2 is 1.84 bits per heavy atom. The number of carboxylic acids is 1. The smallest absolute Gasteiger partial charge is 0.307 e. The monoisotopic (exact) mass is 298 g/mol. The molecule has 0 radical (unpaired) electrons. The van der Waals surface area contributed by atoms with E-state index < -0.39 is 11.8 Å². The molecule has 2 rings (SSSR count). The lowest BCUT2D eigenvalue weighted by Gasteiger charge is -2.10. The molecule has 0 aromatic heterocycles. The molecule has 19 heavy (non-hydrogen) atoms. The largest absolute Gasteiger partial charge is 0.481 e. The Balaban J connectivity index is 2.59. The van der Waals surface area contributed by atoms with Gasteiger partial charge < -0.3 is 5.11 Å². The maximum atomic E-state index is 13.4. The zero-order valence-electron chi connectivity index (χ0n) is 9.66. The summed E-state index contributed by atoms with van der Waals surface area (Å²) < 4.78 is 13.4. The normalized spacial score (nSPS) is 10.5. The number of carboxylic acid groups (broad SMARTS) is 1. The third-order valence-electron chi connectivity index (χ3n) is 2.63. The van der Waals surface area contributed by atoms with Gasteiger partial charge in [0.1, 0.15) is 5.82 Å². The average Bonchev–Trinajstić information content (AvgIpc) is 2.31.